The Hall–Kier alpha value is -3.53. The van der Waals surface area contributed by atoms with Gasteiger partial charge in [-0.05, 0) is 53.1 Å². The van der Waals surface area contributed by atoms with Crippen molar-refractivity contribution in [3.05, 3.63) is 77.9 Å². The predicted octanol–water partition coefficient (Wildman–Crippen LogP) is 4.35. The van der Waals surface area contributed by atoms with E-state index in [4.69, 9.17) is 4.74 Å². The fourth-order valence-corrected chi connectivity index (χ4v) is 5.35. The molecule has 2 unspecified atom stereocenters. The van der Waals surface area contributed by atoms with Gasteiger partial charge in [-0.3, -0.25) is 9.69 Å². The molecule has 2 heterocycles. The molecule has 2 fully saturated rings. The molecule has 1 amide bonds. The molecule has 1 saturated carbocycles. The van der Waals surface area contributed by atoms with Gasteiger partial charge in [0.15, 0.2) is 0 Å². The first-order valence-corrected chi connectivity index (χ1v) is 12.2. The van der Waals surface area contributed by atoms with E-state index in [-0.39, 0.29) is 18.2 Å². The van der Waals surface area contributed by atoms with Crippen LogP contribution >= 0.6 is 0 Å². The zero-order valence-electron chi connectivity index (χ0n) is 20.7. The van der Waals surface area contributed by atoms with Crippen molar-refractivity contribution in [1.82, 2.24) is 19.4 Å². The molecule has 1 aliphatic carbocycles. The topological polar surface area (TPSA) is 59.8 Å². The fourth-order valence-electron chi connectivity index (χ4n) is 5.35. The molecule has 2 atom stereocenters. The van der Waals surface area contributed by atoms with Crippen LogP contribution in [0.15, 0.2) is 61.1 Å². The van der Waals surface area contributed by atoms with Crippen LogP contribution in [0, 0.1) is 17.8 Å². The maximum atomic E-state index is 13.3. The predicted molar refractivity (Wildman–Crippen MR) is 130 cm³/mol. The number of imidazole rings is 1. The average molecular weight is 515 g/mol. The van der Waals surface area contributed by atoms with Crippen molar-refractivity contribution in [3.8, 4) is 11.5 Å². The van der Waals surface area contributed by atoms with Crippen molar-refractivity contribution in [1.29, 1.82) is 0 Å². The lowest BCUT2D eigenvalue weighted by molar-refractivity contribution is -0.274. The minimum atomic E-state index is -4.77. The van der Waals surface area contributed by atoms with Gasteiger partial charge >= 0.3 is 6.36 Å². The number of halogens is 3. The van der Waals surface area contributed by atoms with E-state index in [0.29, 0.717) is 35.6 Å². The molecule has 5 rings (SSSR count). The summed E-state index contributed by atoms with van der Waals surface area (Å²) in [7, 11) is 3.44. The molecule has 2 aliphatic rings. The number of amides is 1. The van der Waals surface area contributed by atoms with E-state index in [9.17, 15) is 18.0 Å². The van der Waals surface area contributed by atoms with Crippen molar-refractivity contribution in [2.24, 2.45) is 24.8 Å². The standard InChI is InChI=1S/C27H29F3N4O3/c1-32-16-25(31-17-32)26(35)34(12-19-4-3-5-21(10-19)37-27(28,29)30)15-24-22-13-33(14-23(22)24)11-18-6-8-20(36-2)9-7-18/h3-10,16-17,22-24H,11-15H2,1-2H3. The average Bonchev–Trinajstić information content (AvgIpc) is 3.16. The Kier molecular flexibility index (Phi) is 6.85. The number of rotatable bonds is 9. The van der Waals surface area contributed by atoms with E-state index in [1.807, 2.05) is 12.1 Å². The first-order valence-electron chi connectivity index (χ1n) is 12.2. The Balaban J connectivity index is 1.24. The molecule has 0 N–H and O–H groups in total. The molecular formula is C27H29F3N4O3. The lowest BCUT2D eigenvalue weighted by atomic mass is 10.1. The van der Waals surface area contributed by atoms with Crippen LogP contribution in [0.5, 0.6) is 11.5 Å². The number of methoxy groups -OCH3 is 1. The number of carbonyl (C=O) groups excluding carboxylic acids is 1. The quantitative estimate of drug-likeness (QED) is 0.425. The maximum absolute atomic E-state index is 13.3. The normalized spacial score (nSPS) is 20.9. The van der Waals surface area contributed by atoms with Crippen LogP contribution in [-0.2, 0) is 20.1 Å². The molecule has 10 heteroatoms. The number of nitrogens with zero attached hydrogens (tertiary/aromatic N) is 4. The second-order valence-electron chi connectivity index (χ2n) is 9.84. The highest BCUT2D eigenvalue weighted by Crippen LogP contribution is 2.52. The number of fused-ring (bicyclic) bond motifs is 1. The Morgan fingerprint density at radius 3 is 2.43 bits per heavy atom. The first-order chi connectivity index (χ1) is 17.7. The summed E-state index contributed by atoms with van der Waals surface area (Å²) in [6.45, 7) is 3.50. The zero-order valence-corrected chi connectivity index (χ0v) is 20.7. The van der Waals surface area contributed by atoms with Crippen molar-refractivity contribution in [2.45, 2.75) is 19.5 Å². The summed E-state index contributed by atoms with van der Waals surface area (Å²) in [5.74, 6) is 1.65. The summed E-state index contributed by atoms with van der Waals surface area (Å²) in [5, 5.41) is 0. The molecular weight excluding hydrogens is 485 g/mol. The van der Waals surface area contributed by atoms with Crippen LogP contribution < -0.4 is 9.47 Å². The molecule has 196 valence electrons. The molecule has 1 saturated heterocycles. The van der Waals surface area contributed by atoms with E-state index in [1.165, 1.54) is 23.8 Å². The lowest BCUT2D eigenvalue weighted by Gasteiger charge is -2.25. The molecule has 0 radical (unpaired) electrons. The summed E-state index contributed by atoms with van der Waals surface area (Å²) >= 11 is 0. The summed E-state index contributed by atoms with van der Waals surface area (Å²) in [4.78, 5) is 21.7. The third kappa shape index (κ3) is 6.07. The Morgan fingerprint density at radius 1 is 1.08 bits per heavy atom. The van der Waals surface area contributed by atoms with Gasteiger partial charge in [0, 0.05) is 46.0 Å². The van der Waals surface area contributed by atoms with Crippen LogP contribution in [0.4, 0.5) is 13.2 Å². The van der Waals surface area contributed by atoms with Gasteiger partial charge in [-0.2, -0.15) is 0 Å². The second-order valence-corrected chi connectivity index (χ2v) is 9.84. The minimum absolute atomic E-state index is 0.177. The van der Waals surface area contributed by atoms with Gasteiger partial charge in [0.1, 0.15) is 17.2 Å². The molecule has 2 aromatic carbocycles. The molecule has 0 spiro atoms. The Bertz CT molecular complexity index is 1230. The third-order valence-corrected chi connectivity index (χ3v) is 7.16. The number of hydrogen-bond donors (Lipinski definition) is 0. The molecule has 37 heavy (non-hydrogen) atoms. The van der Waals surface area contributed by atoms with Crippen LogP contribution in [-0.4, -0.2) is 58.4 Å². The number of aromatic nitrogens is 2. The summed E-state index contributed by atoms with van der Waals surface area (Å²) in [6.07, 6.45) is -1.56. The molecule has 3 aromatic rings. The van der Waals surface area contributed by atoms with E-state index in [1.54, 1.807) is 42.2 Å². The highest BCUT2D eigenvalue weighted by molar-refractivity contribution is 5.92. The van der Waals surface area contributed by atoms with E-state index in [0.717, 1.165) is 25.4 Å². The highest BCUT2D eigenvalue weighted by Gasteiger charge is 2.55. The highest BCUT2D eigenvalue weighted by atomic mass is 19.4. The van der Waals surface area contributed by atoms with E-state index in [2.05, 4.69) is 26.8 Å². The van der Waals surface area contributed by atoms with E-state index >= 15 is 0 Å². The van der Waals surface area contributed by atoms with Crippen molar-refractivity contribution < 1.29 is 27.4 Å². The SMILES string of the molecule is COc1ccc(CN2CC3C(C2)C3CN(Cc2cccc(OC(F)(F)F)c2)C(=O)c2cn(C)cn2)cc1. The Morgan fingerprint density at radius 2 is 1.81 bits per heavy atom. The van der Waals surface area contributed by atoms with Crippen molar-refractivity contribution in [3.63, 3.8) is 0 Å². The van der Waals surface area contributed by atoms with E-state index < -0.39 is 6.36 Å². The van der Waals surface area contributed by atoms with Gasteiger partial charge in [-0.1, -0.05) is 24.3 Å². The summed E-state index contributed by atoms with van der Waals surface area (Å²) < 4.78 is 49.1. The zero-order chi connectivity index (χ0) is 26.2. The first kappa shape index (κ1) is 25.1. The maximum Gasteiger partial charge on any atom is 0.573 e. The van der Waals surface area contributed by atoms with Crippen LogP contribution in [0.1, 0.15) is 21.6 Å². The summed E-state index contributed by atoms with van der Waals surface area (Å²) in [6, 6.07) is 13.9. The van der Waals surface area contributed by atoms with Crippen molar-refractivity contribution in [2.75, 3.05) is 26.7 Å². The number of hydrogen-bond acceptors (Lipinski definition) is 5. The number of benzene rings is 2. The smallest absolute Gasteiger partial charge is 0.497 e. The number of carbonyl (C=O) groups is 1. The number of piperidine rings is 1. The van der Waals surface area contributed by atoms with Gasteiger partial charge in [-0.25, -0.2) is 4.98 Å². The molecule has 1 aliphatic heterocycles. The molecule has 7 nitrogen and oxygen atoms in total. The van der Waals surface area contributed by atoms with Crippen LogP contribution in [0.2, 0.25) is 0 Å². The van der Waals surface area contributed by atoms with Gasteiger partial charge in [-0.15, -0.1) is 13.2 Å². The van der Waals surface area contributed by atoms with Gasteiger partial charge in [0.05, 0.1) is 13.4 Å². The molecule has 0 bridgehead atoms. The molecule has 1 aromatic heterocycles. The number of likely N-dealkylation sites (tertiary alicyclic amines) is 1. The van der Waals surface area contributed by atoms with Crippen molar-refractivity contribution >= 4 is 5.91 Å². The number of alkyl halides is 3. The fraction of sp³-hybridized carbons (Fsp3) is 0.407. The van der Waals surface area contributed by atoms with Gasteiger partial charge < -0.3 is 18.9 Å². The monoisotopic (exact) mass is 514 g/mol. The Labute approximate surface area is 213 Å². The third-order valence-electron chi connectivity index (χ3n) is 7.16. The number of ether oxygens (including phenoxy) is 2. The second kappa shape index (κ2) is 10.1. The van der Waals surface area contributed by atoms with Gasteiger partial charge in [0.2, 0.25) is 0 Å². The van der Waals surface area contributed by atoms with Gasteiger partial charge in [0.25, 0.3) is 5.91 Å². The lowest BCUT2D eigenvalue weighted by Crippen LogP contribution is -2.35. The largest absolute Gasteiger partial charge is 0.573 e. The minimum Gasteiger partial charge on any atom is -0.497 e. The summed E-state index contributed by atoms with van der Waals surface area (Å²) in [5.41, 5.74) is 2.11. The van der Waals surface area contributed by atoms with Crippen LogP contribution in [0.25, 0.3) is 0 Å². The number of aryl methyl sites for hydroxylation is 1. The van der Waals surface area contributed by atoms with Crippen LogP contribution in [0.3, 0.4) is 0 Å².